The lowest BCUT2D eigenvalue weighted by molar-refractivity contribution is -0.143. The van der Waals surface area contributed by atoms with Crippen molar-refractivity contribution in [2.45, 2.75) is 37.2 Å². The van der Waals surface area contributed by atoms with Crippen molar-refractivity contribution >= 4 is 25.5 Å². The highest BCUT2D eigenvalue weighted by atomic mass is 35.5. The van der Waals surface area contributed by atoms with E-state index in [0.717, 1.165) is 0 Å². The van der Waals surface area contributed by atoms with Crippen LogP contribution in [0.4, 0.5) is 0 Å². The van der Waals surface area contributed by atoms with Crippen LogP contribution in [0.15, 0.2) is 0 Å². The minimum Gasteiger partial charge on any atom is -0.480 e. The van der Waals surface area contributed by atoms with Gasteiger partial charge in [-0.25, -0.2) is 0 Å². The number of carboxylic acids is 1. The molecule has 1 rings (SSSR count). The first kappa shape index (κ1) is 15.7. The summed E-state index contributed by atoms with van der Waals surface area (Å²) in [4.78, 5) is 10.8. The van der Waals surface area contributed by atoms with Crippen LogP contribution in [-0.4, -0.2) is 45.0 Å². The van der Waals surface area contributed by atoms with Crippen LogP contribution in [0, 0.1) is 5.92 Å². The summed E-state index contributed by atoms with van der Waals surface area (Å²) < 4.78 is 0. The van der Waals surface area contributed by atoms with E-state index in [0.29, 0.717) is 6.42 Å². The van der Waals surface area contributed by atoms with E-state index in [-0.39, 0.29) is 37.5 Å². The normalized spacial score (nSPS) is 33.2. The van der Waals surface area contributed by atoms with E-state index in [1.54, 1.807) is 0 Å². The Morgan fingerprint density at radius 3 is 2.38 bits per heavy atom. The number of halogens is 1. The first-order chi connectivity index (χ1) is 6.85. The molecule has 1 saturated carbocycles. The van der Waals surface area contributed by atoms with Gasteiger partial charge in [0.1, 0.15) is 5.54 Å². The van der Waals surface area contributed by atoms with Crippen LogP contribution in [-0.2, 0) is 4.79 Å². The summed E-state index contributed by atoms with van der Waals surface area (Å²) >= 11 is 0. The minimum absolute atomic E-state index is 0. The average molecular weight is 253 g/mol. The van der Waals surface area contributed by atoms with Crippen molar-refractivity contribution in [2.24, 2.45) is 11.7 Å². The van der Waals surface area contributed by atoms with Crippen LogP contribution >= 0.6 is 12.4 Å². The van der Waals surface area contributed by atoms with Gasteiger partial charge in [-0.1, -0.05) is 0 Å². The number of rotatable bonds is 4. The molecule has 0 aromatic rings. The second-order valence-electron chi connectivity index (χ2n) is 4.25. The molecule has 16 heavy (non-hydrogen) atoms. The van der Waals surface area contributed by atoms with Crippen LogP contribution < -0.4 is 5.73 Å². The van der Waals surface area contributed by atoms with Crippen molar-refractivity contribution in [2.75, 3.05) is 0 Å². The Bertz CT molecular complexity index is 255. The van der Waals surface area contributed by atoms with Gasteiger partial charge in [0, 0.05) is 6.42 Å². The lowest BCUT2D eigenvalue weighted by Gasteiger charge is -2.17. The van der Waals surface area contributed by atoms with Crippen molar-refractivity contribution in [3.05, 3.63) is 0 Å². The predicted octanol–water partition coefficient (Wildman–Crippen LogP) is -1.18. The van der Waals surface area contributed by atoms with Crippen LogP contribution in [0.2, 0.25) is 6.32 Å². The summed E-state index contributed by atoms with van der Waals surface area (Å²) in [7, 11) is -1.42. The van der Waals surface area contributed by atoms with Gasteiger partial charge in [0.05, 0.1) is 6.10 Å². The lowest BCUT2D eigenvalue weighted by Crippen LogP contribution is -2.45. The summed E-state index contributed by atoms with van der Waals surface area (Å²) in [5, 5.41) is 35.8. The molecule has 8 heteroatoms. The van der Waals surface area contributed by atoms with Gasteiger partial charge in [0.15, 0.2) is 0 Å². The maximum Gasteiger partial charge on any atom is 0.451 e. The first-order valence-electron chi connectivity index (χ1n) is 4.91. The highest BCUT2D eigenvalue weighted by Crippen LogP contribution is 2.36. The second-order valence-corrected chi connectivity index (χ2v) is 4.25. The first-order valence-corrected chi connectivity index (χ1v) is 4.91. The van der Waals surface area contributed by atoms with Gasteiger partial charge in [-0.15, -0.1) is 12.4 Å². The topological polar surface area (TPSA) is 124 Å². The van der Waals surface area contributed by atoms with Crippen molar-refractivity contribution in [1.29, 1.82) is 0 Å². The van der Waals surface area contributed by atoms with Crippen molar-refractivity contribution < 1.29 is 25.1 Å². The molecule has 0 aromatic heterocycles. The molecule has 0 amide bonds. The summed E-state index contributed by atoms with van der Waals surface area (Å²) in [6.07, 6.45) is -0.0856. The molecule has 3 unspecified atom stereocenters. The fraction of sp³-hybridized carbons (Fsp3) is 0.875. The molecule has 0 radical (unpaired) electrons. The molecular formula is C8H17BClNO5. The fourth-order valence-corrected chi connectivity index (χ4v) is 2.06. The second kappa shape index (κ2) is 5.83. The number of carboxylic acid groups (broad SMARTS) is 1. The zero-order chi connectivity index (χ0) is 11.6. The smallest absolute Gasteiger partial charge is 0.451 e. The zero-order valence-corrected chi connectivity index (χ0v) is 9.56. The third kappa shape index (κ3) is 3.60. The molecule has 6 N–H and O–H groups in total. The van der Waals surface area contributed by atoms with Gasteiger partial charge in [-0.2, -0.15) is 0 Å². The number of carbonyl (C=O) groups is 1. The standard InChI is InChI=1S/C8H16BNO5.ClH/c10-8(7(12)13)3-5(6(11)4-8)1-2-9(14)15;/h5-6,11,14-15H,1-4,10H2,(H,12,13);1H. The third-order valence-corrected chi connectivity index (χ3v) is 2.97. The van der Waals surface area contributed by atoms with E-state index < -0.39 is 24.7 Å². The molecule has 0 bridgehead atoms. The Morgan fingerprint density at radius 1 is 1.44 bits per heavy atom. The van der Waals surface area contributed by atoms with E-state index in [9.17, 15) is 9.90 Å². The maximum absolute atomic E-state index is 10.8. The Balaban J connectivity index is 0.00000225. The number of aliphatic hydroxyl groups excluding tert-OH is 1. The molecule has 0 aromatic carbocycles. The van der Waals surface area contributed by atoms with Gasteiger partial charge >= 0.3 is 13.1 Å². The van der Waals surface area contributed by atoms with Gasteiger partial charge < -0.3 is 26.0 Å². The van der Waals surface area contributed by atoms with Crippen LogP contribution in [0.3, 0.4) is 0 Å². The largest absolute Gasteiger partial charge is 0.480 e. The van der Waals surface area contributed by atoms with Crippen molar-refractivity contribution in [1.82, 2.24) is 0 Å². The van der Waals surface area contributed by atoms with Crippen LogP contribution in [0.25, 0.3) is 0 Å². The molecule has 3 atom stereocenters. The van der Waals surface area contributed by atoms with Crippen LogP contribution in [0.1, 0.15) is 19.3 Å². The maximum atomic E-state index is 10.8. The number of aliphatic hydroxyl groups is 1. The molecule has 0 saturated heterocycles. The van der Waals surface area contributed by atoms with Gasteiger partial charge in [-0.3, -0.25) is 4.79 Å². The number of aliphatic carboxylic acids is 1. The average Bonchev–Trinajstić information content (AvgIpc) is 2.39. The van der Waals surface area contributed by atoms with Gasteiger partial charge in [0.2, 0.25) is 0 Å². The summed E-state index contributed by atoms with van der Waals surface area (Å²) in [5.74, 6) is -1.39. The molecule has 0 heterocycles. The summed E-state index contributed by atoms with van der Waals surface area (Å²) in [6.45, 7) is 0. The molecule has 1 fully saturated rings. The van der Waals surface area contributed by atoms with E-state index in [1.165, 1.54) is 0 Å². The molecule has 6 nitrogen and oxygen atoms in total. The highest BCUT2D eigenvalue weighted by molar-refractivity contribution is 6.40. The molecule has 1 aliphatic rings. The Labute approximate surface area is 100 Å². The highest BCUT2D eigenvalue weighted by Gasteiger charge is 2.47. The quantitative estimate of drug-likeness (QED) is 0.402. The lowest BCUT2D eigenvalue weighted by atomic mass is 9.80. The van der Waals surface area contributed by atoms with Crippen molar-refractivity contribution in [3.63, 3.8) is 0 Å². The van der Waals surface area contributed by atoms with E-state index in [2.05, 4.69) is 0 Å². The fourth-order valence-electron chi connectivity index (χ4n) is 2.06. The summed E-state index contributed by atoms with van der Waals surface area (Å²) in [6, 6.07) is 0. The summed E-state index contributed by atoms with van der Waals surface area (Å²) in [5.41, 5.74) is 4.23. The molecular weight excluding hydrogens is 236 g/mol. The molecule has 1 aliphatic carbocycles. The molecule has 94 valence electrons. The van der Waals surface area contributed by atoms with E-state index >= 15 is 0 Å². The number of hydrogen-bond donors (Lipinski definition) is 5. The monoisotopic (exact) mass is 253 g/mol. The van der Waals surface area contributed by atoms with E-state index in [1.807, 2.05) is 0 Å². The Hall–Kier alpha value is -0.335. The minimum atomic E-state index is -1.42. The van der Waals surface area contributed by atoms with E-state index in [4.69, 9.17) is 20.9 Å². The molecule has 0 spiro atoms. The molecule has 0 aliphatic heterocycles. The zero-order valence-electron chi connectivity index (χ0n) is 8.74. The Kier molecular flexibility index (Phi) is 5.71. The number of hydrogen-bond acceptors (Lipinski definition) is 5. The predicted molar refractivity (Wildman–Crippen MR) is 60.1 cm³/mol. The SMILES string of the molecule is Cl.NC1(C(=O)O)CC(O)C(CCB(O)O)C1. The Morgan fingerprint density at radius 2 is 2.00 bits per heavy atom. The van der Waals surface area contributed by atoms with Crippen LogP contribution in [0.5, 0.6) is 0 Å². The van der Waals surface area contributed by atoms with Gasteiger partial charge in [-0.05, 0) is 25.1 Å². The van der Waals surface area contributed by atoms with Crippen molar-refractivity contribution in [3.8, 4) is 0 Å². The van der Waals surface area contributed by atoms with Gasteiger partial charge in [0.25, 0.3) is 0 Å². The third-order valence-electron chi connectivity index (χ3n) is 2.97. The number of nitrogens with two attached hydrogens (primary N) is 1.